The van der Waals surface area contributed by atoms with Gasteiger partial charge in [0.1, 0.15) is 6.07 Å². The van der Waals surface area contributed by atoms with Crippen molar-refractivity contribution in [3.63, 3.8) is 0 Å². The Balaban J connectivity index is 4.98. The van der Waals surface area contributed by atoms with E-state index in [1.165, 1.54) is 19.9 Å². The Morgan fingerprint density at radius 3 is 1.88 bits per heavy atom. The molecule has 0 amide bonds. The zero-order valence-electron chi connectivity index (χ0n) is 8.20. The third-order valence-electron chi connectivity index (χ3n) is 1.38. The fourth-order valence-corrected chi connectivity index (χ4v) is 1.37. The molecule has 0 aromatic carbocycles. The van der Waals surface area contributed by atoms with Gasteiger partial charge in [0.25, 0.3) is 6.17 Å². The van der Waals surface area contributed by atoms with Gasteiger partial charge in [-0.3, -0.25) is 0 Å². The topological polar surface area (TPSA) is 23.8 Å². The maximum Gasteiger partial charge on any atom is 0.426 e. The Bertz CT molecular complexity index is 322. The Morgan fingerprint density at radius 1 is 1.19 bits per heavy atom. The van der Waals surface area contributed by atoms with Crippen LogP contribution in [0, 0.1) is 11.3 Å². The van der Waals surface area contributed by atoms with Crippen LogP contribution in [0.3, 0.4) is 0 Å². The van der Waals surface area contributed by atoms with Crippen LogP contribution in [0.1, 0.15) is 13.8 Å². The van der Waals surface area contributed by atoms with Crippen LogP contribution in [0.2, 0.25) is 0 Å². The highest BCUT2D eigenvalue weighted by molar-refractivity contribution is 8.04. The summed E-state index contributed by atoms with van der Waals surface area (Å²) in [5.74, 6) is 0. The summed E-state index contributed by atoms with van der Waals surface area (Å²) in [7, 11) is 0. The van der Waals surface area contributed by atoms with Crippen molar-refractivity contribution in [3.8, 4) is 6.07 Å². The number of hydrogen-bond donors (Lipinski definition) is 0. The molecule has 0 heterocycles. The molecule has 0 aliphatic carbocycles. The molecule has 0 rings (SSSR count). The summed E-state index contributed by atoms with van der Waals surface area (Å²) in [5.41, 5.74) is 0.0987. The molecule has 1 atom stereocenters. The van der Waals surface area contributed by atoms with Crippen molar-refractivity contribution in [2.24, 2.45) is 0 Å². The van der Waals surface area contributed by atoms with Gasteiger partial charge in [0, 0.05) is 0 Å². The van der Waals surface area contributed by atoms with Crippen molar-refractivity contribution < 1.29 is 26.3 Å². The first kappa shape index (κ1) is 15.2. The number of hydrogen-bond acceptors (Lipinski definition) is 2. The van der Waals surface area contributed by atoms with Crippen LogP contribution in [-0.2, 0) is 0 Å². The molecule has 16 heavy (non-hydrogen) atoms. The third kappa shape index (κ3) is 3.96. The molecule has 8 heteroatoms. The van der Waals surface area contributed by atoms with E-state index in [-0.39, 0.29) is 5.57 Å². The molecule has 0 aliphatic heterocycles. The predicted molar refractivity (Wildman–Crippen MR) is 47.5 cm³/mol. The second kappa shape index (κ2) is 4.99. The van der Waals surface area contributed by atoms with Gasteiger partial charge in [-0.25, -0.2) is 4.39 Å². The number of allylic oxidation sites excluding steroid dienone is 2. The highest BCUT2D eigenvalue weighted by Gasteiger charge is 2.57. The fraction of sp³-hybridized carbons (Fsp3) is 0.625. The van der Waals surface area contributed by atoms with E-state index in [9.17, 15) is 26.3 Å². The Labute approximate surface area is 92.1 Å². The molecule has 0 bridgehead atoms. The van der Waals surface area contributed by atoms with Gasteiger partial charge in [0.05, 0.1) is 4.91 Å². The highest BCUT2D eigenvalue weighted by atomic mass is 32.2. The first-order valence-electron chi connectivity index (χ1n) is 3.87. The molecule has 0 aromatic heterocycles. The smallest absolute Gasteiger partial charge is 0.230 e. The Morgan fingerprint density at radius 2 is 1.62 bits per heavy atom. The number of nitrogens with zero attached hydrogens (tertiary/aromatic N) is 1. The summed E-state index contributed by atoms with van der Waals surface area (Å²) in [5, 5.41) is 3.67. The maximum absolute atomic E-state index is 12.8. The normalized spacial score (nSPS) is 14.2. The molecule has 0 N–H and O–H groups in total. The summed E-state index contributed by atoms with van der Waals surface area (Å²) < 4.78 is 73.2. The zero-order valence-corrected chi connectivity index (χ0v) is 9.02. The molecule has 92 valence electrons. The minimum absolute atomic E-state index is 0.0987. The number of alkyl halides is 6. The molecule has 0 aromatic rings. The molecule has 0 radical (unpaired) electrons. The number of nitriles is 1. The van der Waals surface area contributed by atoms with Crippen LogP contribution in [0.4, 0.5) is 26.3 Å². The minimum Gasteiger partial charge on any atom is -0.230 e. The lowest BCUT2D eigenvalue weighted by Gasteiger charge is -2.21. The van der Waals surface area contributed by atoms with Gasteiger partial charge in [-0.1, -0.05) is 5.57 Å². The van der Waals surface area contributed by atoms with Crippen molar-refractivity contribution in [2.45, 2.75) is 31.5 Å². The summed E-state index contributed by atoms with van der Waals surface area (Å²) in [6, 6.07) is 1.29. The summed E-state index contributed by atoms with van der Waals surface area (Å²) in [6.45, 7) is 2.53. The van der Waals surface area contributed by atoms with Crippen LogP contribution >= 0.6 is 11.8 Å². The van der Waals surface area contributed by atoms with Crippen LogP contribution in [0.25, 0.3) is 0 Å². The van der Waals surface area contributed by atoms with E-state index in [2.05, 4.69) is 0 Å². The van der Waals surface area contributed by atoms with Crippen molar-refractivity contribution in [2.75, 3.05) is 0 Å². The lowest BCUT2D eigenvalue weighted by molar-refractivity contribution is -0.219. The first-order valence-corrected chi connectivity index (χ1v) is 4.69. The van der Waals surface area contributed by atoms with Gasteiger partial charge in [0.2, 0.25) is 0 Å². The van der Waals surface area contributed by atoms with E-state index in [1.54, 1.807) is 0 Å². The Hall–Kier alpha value is -0.840. The lowest BCUT2D eigenvalue weighted by atomic mass is 10.3. The van der Waals surface area contributed by atoms with Crippen LogP contribution < -0.4 is 0 Å². The summed E-state index contributed by atoms with van der Waals surface area (Å²) in [6.07, 6.45) is -9.95. The number of rotatable bonds is 3. The number of thioether (sulfide) groups is 1. The maximum atomic E-state index is 12.8. The molecule has 0 saturated carbocycles. The largest absolute Gasteiger partial charge is 0.426 e. The molecule has 0 spiro atoms. The molecular weight excluding hydrogens is 256 g/mol. The fourth-order valence-electron chi connectivity index (χ4n) is 0.615. The third-order valence-corrected chi connectivity index (χ3v) is 2.56. The van der Waals surface area contributed by atoms with E-state index >= 15 is 0 Å². The van der Waals surface area contributed by atoms with E-state index in [0.717, 1.165) is 0 Å². The molecular formula is C8H7F6NS. The lowest BCUT2D eigenvalue weighted by Crippen LogP contribution is -2.39. The quantitative estimate of drug-likeness (QED) is 0.567. The molecule has 0 saturated heterocycles. The van der Waals surface area contributed by atoms with E-state index in [0.29, 0.717) is 0 Å². The second-order valence-electron chi connectivity index (χ2n) is 3.01. The molecule has 1 unspecified atom stereocenters. The van der Waals surface area contributed by atoms with Gasteiger partial charge in [0.15, 0.2) is 0 Å². The van der Waals surface area contributed by atoms with Crippen molar-refractivity contribution in [1.29, 1.82) is 5.26 Å². The summed E-state index contributed by atoms with van der Waals surface area (Å²) >= 11 is -0.720. The predicted octanol–water partition coefficient (Wildman–Crippen LogP) is 4.03. The standard InChI is InChI=1S/C8H7F6NS/c1-4(2)5(3-15)16-8(13,14)6(9)7(10,11)12/h6H,1-2H3. The molecule has 0 aliphatic rings. The van der Waals surface area contributed by atoms with Crippen molar-refractivity contribution in [3.05, 3.63) is 10.5 Å². The monoisotopic (exact) mass is 263 g/mol. The van der Waals surface area contributed by atoms with Gasteiger partial charge >= 0.3 is 11.4 Å². The van der Waals surface area contributed by atoms with Crippen LogP contribution in [0.5, 0.6) is 0 Å². The molecule has 0 fully saturated rings. The van der Waals surface area contributed by atoms with Gasteiger partial charge < -0.3 is 0 Å². The van der Waals surface area contributed by atoms with E-state index < -0.39 is 34.3 Å². The van der Waals surface area contributed by atoms with Crippen molar-refractivity contribution >= 4 is 11.8 Å². The van der Waals surface area contributed by atoms with Gasteiger partial charge in [-0.05, 0) is 25.6 Å². The van der Waals surface area contributed by atoms with Gasteiger partial charge in [-0.15, -0.1) is 0 Å². The number of halogens is 6. The minimum atomic E-state index is -5.65. The molecule has 1 nitrogen and oxygen atoms in total. The van der Waals surface area contributed by atoms with E-state index in [1.807, 2.05) is 0 Å². The Kier molecular flexibility index (Phi) is 4.73. The second-order valence-corrected chi connectivity index (χ2v) is 4.17. The average molecular weight is 263 g/mol. The van der Waals surface area contributed by atoms with Crippen LogP contribution in [0.15, 0.2) is 10.5 Å². The highest BCUT2D eigenvalue weighted by Crippen LogP contribution is 2.45. The van der Waals surface area contributed by atoms with Crippen LogP contribution in [-0.4, -0.2) is 17.6 Å². The average Bonchev–Trinajstić information content (AvgIpc) is 2.11. The summed E-state index contributed by atoms with van der Waals surface area (Å²) in [4.78, 5) is -0.628. The van der Waals surface area contributed by atoms with E-state index in [4.69, 9.17) is 5.26 Å². The SMILES string of the molecule is CC(C)=C(C#N)SC(F)(F)C(F)C(F)(F)F. The first-order chi connectivity index (χ1) is 7.02. The van der Waals surface area contributed by atoms with Crippen molar-refractivity contribution in [1.82, 2.24) is 0 Å². The zero-order chi connectivity index (χ0) is 13.1. The van der Waals surface area contributed by atoms with Gasteiger partial charge in [-0.2, -0.15) is 27.2 Å².